The van der Waals surface area contributed by atoms with Gasteiger partial charge in [-0.3, -0.25) is 4.74 Å². The SMILES string of the molecule is CC1=C(F)OC(F)(F)O1.FC1(F)OC(C(F)(F)F)C(F)(Cl)O1. The lowest BCUT2D eigenvalue weighted by atomic mass is 10.3. The number of ether oxygens (including phenoxy) is 4. The predicted molar refractivity (Wildman–Crippen MR) is 47.6 cm³/mol. The van der Waals surface area contributed by atoms with Crippen molar-refractivity contribution in [2.75, 3.05) is 0 Å². The van der Waals surface area contributed by atoms with Crippen LogP contribution >= 0.6 is 11.6 Å². The summed E-state index contributed by atoms with van der Waals surface area (Å²) in [4.78, 5) is 0. The van der Waals surface area contributed by atoms with Crippen molar-refractivity contribution in [2.24, 2.45) is 0 Å². The fourth-order valence-corrected chi connectivity index (χ4v) is 1.37. The molecule has 1 saturated heterocycles. The molecule has 0 bridgehead atoms. The van der Waals surface area contributed by atoms with Gasteiger partial charge in [0, 0.05) is 6.92 Å². The predicted octanol–water partition coefficient (Wildman–Crippen LogP) is 4.12. The first-order chi connectivity index (χ1) is 9.56. The molecule has 0 radical (unpaired) electrons. The van der Waals surface area contributed by atoms with Crippen molar-refractivity contribution in [1.29, 1.82) is 0 Å². The van der Waals surface area contributed by atoms with Crippen molar-refractivity contribution in [3.8, 4) is 0 Å². The van der Waals surface area contributed by atoms with Crippen molar-refractivity contribution >= 4 is 11.6 Å². The molecular weight excluding hydrogens is 367 g/mol. The maximum Gasteiger partial charge on any atom is 0.587 e. The third kappa shape index (κ3) is 4.71. The van der Waals surface area contributed by atoms with E-state index < -0.39 is 42.0 Å². The van der Waals surface area contributed by atoms with Gasteiger partial charge in [0.1, 0.15) is 0 Å². The molecule has 2 aliphatic heterocycles. The van der Waals surface area contributed by atoms with E-state index in [0.29, 0.717) is 0 Å². The average Bonchev–Trinajstić information content (AvgIpc) is 2.58. The second-order valence-corrected chi connectivity index (χ2v) is 4.18. The molecule has 130 valence electrons. The third-order valence-corrected chi connectivity index (χ3v) is 2.14. The number of allylic oxidation sites excluding steroid dienone is 1. The molecule has 0 aromatic rings. The normalized spacial score (nSPS) is 33.0. The average molecular weight is 371 g/mol. The highest BCUT2D eigenvalue weighted by molar-refractivity contribution is 6.22. The molecule has 1 fully saturated rings. The Morgan fingerprint density at radius 2 is 1.50 bits per heavy atom. The van der Waals surface area contributed by atoms with Crippen molar-refractivity contribution in [3.05, 3.63) is 11.8 Å². The van der Waals surface area contributed by atoms with Crippen molar-refractivity contribution in [2.45, 2.75) is 37.1 Å². The monoisotopic (exact) mass is 370 g/mol. The number of hydrogen-bond acceptors (Lipinski definition) is 4. The minimum atomic E-state index is -5.36. The van der Waals surface area contributed by atoms with E-state index in [2.05, 4.69) is 30.5 Å². The molecule has 0 spiro atoms. The van der Waals surface area contributed by atoms with E-state index >= 15 is 0 Å². The Labute approximate surface area is 120 Å². The Kier molecular flexibility index (Phi) is 4.76. The minimum absolute atomic E-state index is 0.528. The Morgan fingerprint density at radius 1 is 1.00 bits per heavy atom. The molecule has 0 N–H and O–H groups in total. The summed E-state index contributed by atoms with van der Waals surface area (Å²) >= 11 is 4.39. The first kappa shape index (κ1) is 19.0. The first-order valence-electron chi connectivity index (χ1n) is 4.88. The second-order valence-electron chi connectivity index (χ2n) is 3.66. The van der Waals surface area contributed by atoms with Crippen LogP contribution in [0.1, 0.15) is 6.92 Å². The molecule has 2 heterocycles. The molecule has 4 nitrogen and oxygen atoms in total. The Balaban J connectivity index is 0.000000235. The van der Waals surface area contributed by atoms with Crippen molar-refractivity contribution in [3.63, 3.8) is 0 Å². The summed E-state index contributed by atoms with van der Waals surface area (Å²) in [5.74, 6) is -0.528. The lowest BCUT2D eigenvalue weighted by molar-refractivity contribution is -0.369. The summed E-state index contributed by atoms with van der Waals surface area (Å²) < 4.78 is 120. The summed E-state index contributed by atoms with van der Waals surface area (Å²) in [6, 6.07) is -1.36. The lowest BCUT2D eigenvalue weighted by Gasteiger charge is -2.18. The minimum Gasteiger partial charge on any atom is -0.397 e. The zero-order valence-electron chi connectivity index (χ0n) is 9.99. The number of halogens is 10. The Bertz CT molecular complexity index is 445. The molecule has 0 aliphatic carbocycles. The number of alkyl halides is 9. The smallest absolute Gasteiger partial charge is 0.397 e. The van der Waals surface area contributed by atoms with E-state index in [9.17, 15) is 39.5 Å². The largest absolute Gasteiger partial charge is 0.587 e. The summed E-state index contributed by atoms with van der Waals surface area (Å²) in [6.45, 7) is 1.05. The maximum atomic E-state index is 12.5. The van der Waals surface area contributed by atoms with E-state index in [1.807, 2.05) is 0 Å². The third-order valence-electron chi connectivity index (χ3n) is 1.87. The van der Waals surface area contributed by atoms with Crippen LogP contribution in [0.15, 0.2) is 11.8 Å². The van der Waals surface area contributed by atoms with Crippen LogP contribution in [-0.2, 0) is 18.9 Å². The van der Waals surface area contributed by atoms with Gasteiger partial charge in [-0.05, 0) is 11.6 Å². The molecule has 22 heavy (non-hydrogen) atoms. The zero-order chi connectivity index (χ0) is 17.6. The molecule has 0 amide bonds. The van der Waals surface area contributed by atoms with Gasteiger partial charge in [-0.25, -0.2) is 4.74 Å². The molecule has 0 saturated carbocycles. The van der Waals surface area contributed by atoms with Gasteiger partial charge in [-0.1, -0.05) is 0 Å². The Morgan fingerprint density at radius 3 is 1.64 bits per heavy atom. The van der Waals surface area contributed by atoms with Crippen LogP contribution in [0, 0.1) is 0 Å². The Hall–Kier alpha value is -1.08. The molecule has 2 rings (SSSR count). The van der Waals surface area contributed by atoms with Gasteiger partial charge < -0.3 is 9.47 Å². The molecule has 2 aliphatic rings. The van der Waals surface area contributed by atoms with Crippen LogP contribution in [0.5, 0.6) is 0 Å². The maximum absolute atomic E-state index is 12.5. The lowest BCUT2D eigenvalue weighted by Crippen LogP contribution is -2.41. The standard InChI is InChI=1S/C4HClF6O2.C4H3F3O2/c5-2(6)1(3(7,8)9)12-4(10,11)13-2;1-2-3(5)9-4(6,7)8-2/h1H;1H3. The van der Waals surface area contributed by atoms with E-state index in [1.54, 1.807) is 0 Å². The fraction of sp³-hybridized carbons (Fsp3) is 0.750. The highest BCUT2D eigenvalue weighted by atomic mass is 35.5. The summed E-state index contributed by atoms with van der Waals surface area (Å²) in [5.41, 5.74) is 0. The first-order valence-corrected chi connectivity index (χ1v) is 5.26. The fourth-order valence-electron chi connectivity index (χ4n) is 1.11. The van der Waals surface area contributed by atoms with Gasteiger partial charge in [0.05, 0.1) is 0 Å². The molecule has 0 aromatic carbocycles. The number of hydrogen-bond donors (Lipinski definition) is 0. The second kappa shape index (κ2) is 5.53. The van der Waals surface area contributed by atoms with Gasteiger partial charge in [-0.2, -0.15) is 22.0 Å². The molecule has 14 heteroatoms. The van der Waals surface area contributed by atoms with Crippen LogP contribution < -0.4 is 0 Å². The van der Waals surface area contributed by atoms with Gasteiger partial charge in [0.25, 0.3) is 0 Å². The highest BCUT2D eigenvalue weighted by Crippen LogP contribution is 2.48. The zero-order valence-corrected chi connectivity index (χ0v) is 10.7. The molecule has 0 aromatic heterocycles. The van der Waals surface area contributed by atoms with Gasteiger partial charge >= 0.3 is 30.1 Å². The van der Waals surface area contributed by atoms with Crippen LogP contribution in [0.4, 0.5) is 39.5 Å². The summed E-state index contributed by atoms with van der Waals surface area (Å²) in [5, 5.41) is -4.10. The van der Waals surface area contributed by atoms with E-state index in [1.165, 1.54) is 0 Å². The van der Waals surface area contributed by atoms with Crippen molar-refractivity contribution in [1.82, 2.24) is 0 Å². The van der Waals surface area contributed by atoms with Crippen LogP contribution in [0.2, 0.25) is 0 Å². The van der Waals surface area contributed by atoms with Gasteiger partial charge in [0.15, 0.2) is 5.76 Å². The number of rotatable bonds is 0. The van der Waals surface area contributed by atoms with Crippen molar-refractivity contribution < 1.29 is 58.5 Å². The van der Waals surface area contributed by atoms with Crippen LogP contribution in [0.3, 0.4) is 0 Å². The summed E-state index contributed by atoms with van der Waals surface area (Å²) in [7, 11) is 0. The topological polar surface area (TPSA) is 36.9 Å². The van der Waals surface area contributed by atoms with Gasteiger partial charge in [-0.15, -0.1) is 17.6 Å². The van der Waals surface area contributed by atoms with E-state index in [4.69, 9.17) is 0 Å². The molecular formula is C8H4ClF9O4. The van der Waals surface area contributed by atoms with E-state index in [-0.39, 0.29) is 0 Å². The molecule has 2 unspecified atom stereocenters. The highest BCUT2D eigenvalue weighted by Gasteiger charge is 2.69. The van der Waals surface area contributed by atoms with Crippen LogP contribution in [-0.4, -0.2) is 30.2 Å². The van der Waals surface area contributed by atoms with E-state index in [0.717, 1.165) is 6.92 Å². The molecule has 2 atom stereocenters. The summed E-state index contributed by atoms with van der Waals surface area (Å²) in [6.07, 6.45) is -17.3. The van der Waals surface area contributed by atoms with Crippen LogP contribution in [0.25, 0.3) is 0 Å². The quantitative estimate of drug-likeness (QED) is 0.475. The van der Waals surface area contributed by atoms with Gasteiger partial charge in [0.2, 0.25) is 6.10 Å².